The molecule has 0 aromatic carbocycles. The molecule has 0 unspecified atom stereocenters. The summed E-state index contributed by atoms with van der Waals surface area (Å²) in [6.45, 7) is 19.0. The Bertz CT molecular complexity index is 831. The summed E-state index contributed by atoms with van der Waals surface area (Å²) >= 11 is 0. The minimum atomic E-state index is -0.871. The Hall–Kier alpha value is -1.81. The Morgan fingerprint density at radius 2 is 1.59 bits per heavy atom. The molecule has 0 aromatic rings. The second-order valence-corrected chi connectivity index (χ2v) is 13.9. The molecule has 1 saturated heterocycles. The molecule has 37 heavy (non-hydrogen) atoms. The van der Waals surface area contributed by atoms with Gasteiger partial charge in [0.1, 0.15) is 11.6 Å². The first-order chi connectivity index (χ1) is 16.7. The second-order valence-electron chi connectivity index (χ2n) is 13.9. The number of hydrogen-bond acceptors (Lipinski definition) is 6. The zero-order chi connectivity index (χ0) is 28.4. The van der Waals surface area contributed by atoms with Crippen LogP contribution in [-0.2, 0) is 23.6 Å². The maximum absolute atomic E-state index is 13.2. The van der Waals surface area contributed by atoms with Crippen molar-refractivity contribution in [3.05, 3.63) is 0 Å². The SMILES string of the molecule is CC(C)(C)OC(=O)N[C@H](C(=O)N[C@H]1CC[C@@](CCCCB2OC(C)(C)C(C)(C)O2)(C(=O)O)C1)C(C)(C)C. The first-order valence-corrected chi connectivity index (χ1v) is 13.6. The van der Waals surface area contributed by atoms with Crippen LogP contribution in [0.25, 0.3) is 0 Å². The minimum Gasteiger partial charge on any atom is -0.481 e. The van der Waals surface area contributed by atoms with Crippen LogP contribution in [0.2, 0.25) is 6.32 Å². The van der Waals surface area contributed by atoms with Gasteiger partial charge in [-0.15, -0.1) is 0 Å². The summed E-state index contributed by atoms with van der Waals surface area (Å²) in [5.74, 6) is -1.15. The molecular formula is C27H49BN2O7. The predicted molar refractivity (Wildman–Crippen MR) is 143 cm³/mol. The van der Waals surface area contributed by atoms with Crippen LogP contribution in [0.5, 0.6) is 0 Å². The predicted octanol–water partition coefficient (Wildman–Crippen LogP) is 4.93. The largest absolute Gasteiger partial charge is 0.481 e. The van der Waals surface area contributed by atoms with Crippen LogP contribution in [0.3, 0.4) is 0 Å². The quantitative estimate of drug-likeness (QED) is 0.289. The van der Waals surface area contributed by atoms with Crippen molar-refractivity contribution in [2.75, 3.05) is 0 Å². The Labute approximate surface area is 223 Å². The van der Waals surface area contributed by atoms with Gasteiger partial charge in [0.2, 0.25) is 5.91 Å². The van der Waals surface area contributed by atoms with E-state index in [0.29, 0.717) is 32.0 Å². The lowest BCUT2D eigenvalue weighted by Gasteiger charge is -2.32. The summed E-state index contributed by atoms with van der Waals surface area (Å²) in [5, 5.41) is 15.8. The summed E-state index contributed by atoms with van der Waals surface area (Å²) in [7, 11) is -0.284. The summed E-state index contributed by atoms with van der Waals surface area (Å²) in [6.07, 6.45) is 3.59. The second kappa shape index (κ2) is 11.1. The number of nitrogens with one attached hydrogen (secondary N) is 2. The molecular weight excluding hydrogens is 475 g/mol. The number of amides is 2. The van der Waals surface area contributed by atoms with Gasteiger partial charge in [0.15, 0.2) is 0 Å². The molecule has 9 nitrogen and oxygen atoms in total. The third-order valence-corrected chi connectivity index (χ3v) is 7.85. The van der Waals surface area contributed by atoms with E-state index >= 15 is 0 Å². The van der Waals surface area contributed by atoms with Crippen LogP contribution in [0.15, 0.2) is 0 Å². The molecule has 2 rings (SSSR count). The van der Waals surface area contributed by atoms with E-state index in [9.17, 15) is 19.5 Å². The van der Waals surface area contributed by atoms with Crippen LogP contribution >= 0.6 is 0 Å². The minimum absolute atomic E-state index is 0.267. The van der Waals surface area contributed by atoms with Gasteiger partial charge in [-0.2, -0.15) is 0 Å². The van der Waals surface area contributed by atoms with Crippen molar-refractivity contribution < 1.29 is 33.5 Å². The van der Waals surface area contributed by atoms with Crippen molar-refractivity contribution in [1.82, 2.24) is 10.6 Å². The van der Waals surface area contributed by atoms with Gasteiger partial charge in [-0.3, -0.25) is 9.59 Å². The lowest BCUT2D eigenvalue weighted by Crippen LogP contribution is -2.56. The lowest BCUT2D eigenvalue weighted by molar-refractivity contribution is -0.149. The molecule has 0 spiro atoms. The van der Waals surface area contributed by atoms with Crippen molar-refractivity contribution in [2.45, 2.75) is 143 Å². The third-order valence-electron chi connectivity index (χ3n) is 7.85. The fraction of sp³-hybridized carbons (Fsp3) is 0.889. The van der Waals surface area contributed by atoms with Crippen molar-refractivity contribution in [3.63, 3.8) is 0 Å². The Morgan fingerprint density at radius 3 is 2.08 bits per heavy atom. The molecule has 0 radical (unpaired) electrons. The average Bonchev–Trinajstić information content (AvgIpc) is 3.19. The molecule has 2 fully saturated rings. The number of ether oxygens (including phenoxy) is 1. The first-order valence-electron chi connectivity index (χ1n) is 13.6. The maximum Gasteiger partial charge on any atom is 0.457 e. The van der Waals surface area contributed by atoms with Crippen LogP contribution in [0, 0.1) is 10.8 Å². The van der Waals surface area contributed by atoms with Gasteiger partial charge in [-0.25, -0.2) is 4.79 Å². The Kier molecular flexibility index (Phi) is 9.45. The van der Waals surface area contributed by atoms with Crippen molar-refractivity contribution in [2.24, 2.45) is 10.8 Å². The van der Waals surface area contributed by atoms with Crippen LogP contribution in [-0.4, -0.2) is 59.1 Å². The summed E-state index contributed by atoms with van der Waals surface area (Å²) in [6, 6.07) is -1.08. The number of carboxylic acid groups (broad SMARTS) is 1. The Balaban J connectivity index is 1.92. The zero-order valence-electron chi connectivity index (χ0n) is 24.6. The van der Waals surface area contributed by atoms with E-state index in [1.807, 2.05) is 48.5 Å². The smallest absolute Gasteiger partial charge is 0.457 e. The average molecular weight is 525 g/mol. The molecule has 0 aromatic heterocycles. The molecule has 1 heterocycles. The van der Waals surface area contributed by atoms with Crippen molar-refractivity contribution in [3.8, 4) is 0 Å². The monoisotopic (exact) mass is 524 g/mol. The highest BCUT2D eigenvalue weighted by atomic mass is 16.7. The van der Waals surface area contributed by atoms with E-state index in [0.717, 1.165) is 12.8 Å². The van der Waals surface area contributed by atoms with Gasteiger partial charge < -0.3 is 29.8 Å². The molecule has 10 heteroatoms. The van der Waals surface area contributed by atoms with Gasteiger partial charge in [0.05, 0.1) is 16.6 Å². The maximum atomic E-state index is 13.2. The lowest BCUT2D eigenvalue weighted by atomic mass is 9.77. The van der Waals surface area contributed by atoms with Gasteiger partial charge in [0.25, 0.3) is 0 Å². The summed E-state index contributed by atoms with van der Waals surface area (Å²) in [4.78, 5) is 37.8. The number of carboxylic acids is 1. The summed E-state index contributed by atoms with van der Waals surface area (Å²) in [5.41, 5.74) is -2.86. The van der Waals surface area contributed by atoms with Gasteiger partial charge in [-0.1, -0.05) is 33.6 Å². The van der Waals surface area contributed by atoms with Crippen LogP contribution < -0.4 is 10.6 Å². The molecule has 2 aliphatic rings. The van der Waals surface area contributed by atoms with E-state index in [4.69, 9.17) is 14.0 Å². The Morgan fingerprint density at radius 1 is 1.03 bits per heavy atom. The van der Waals surface area contributed by atoms with Crippen LogP contribution in [0.1, 0.15) is 108 Å². The first kappa shape index (κ1) is 31.4. The fourth-order valence-electron chi connectivity index (χ4n) is 5.02. The van der Waals surface area contributed by atoms with E-state index in [1.165, 1.54) is 0 Å². The molecule has 1 aliphatic carbocycles. The third kappa shape index (κ3) is 8.34. The number of rotatable bonds is 9. The van der Waals surface area contributed by atoms with Crippen molar-refractivity contribution in [1.29, 1.82) is 0 Å². The topological polar surface area (TPSA) is 123 Å². The number of alkyl carbamates (subject to hydrolysis) is 1. The molecule has 1 aliphatic heterocycles. The number of unbranched alkanes of at least 4 members (excludes halogenated alkanes) is 1. The molecule has 212 valence electrons. The van der Waals surface area contributed by atoms with Gasteiger partial charge >= 0.3 is 19.2 Å². The van der Waals surface area contributed by atoms with Gasteiger partial charge in [-0.05, 0) is 85.9 Å². The fourth-order valence-corrected chi connectivity index (χ4v) is 5.02. The molecule has 3 N–H and O–H groups in total. The van der Waals surface area contributed by atoms with Crippen LogP contribution in [0.4, 0.5) is 4.79 Å². The molecule has 1 saturated carbocycles. The normalized spacial score (nSPS) is 26.0. The van der Waals surface area contributed by atoms with E-state index in [-0.39, 0.29) is 30.3 Å². The van der Waals surface area contributed by atoms with E-state index < -0.39 is 34.5 Å². The summed E-state index contributed by atoms with van der Waals surface area (Å²) < 4.78 is 17.4. The number of carbonyl (C=O) groups excluding carboxylic acids is 2. The van der Waals surface area contributed by atoms with E-state index in [1.54, 1.807) is 20.8 Å². The highest BCUT2D eigenvalue weighted by Gasteiger charge is 2.51. The highest BCUT2D eigenvalue weighted by Crippen LogP contribution is 2.44. The number of aliphatic carboxylic acids is 1. The molecule has 3 atom stereocenters. The number of hydrogen-bond donors (Lipinski definition) is 3. The highest BCUT2D eigenvalue weighted by molar-refractivity contribution is 6.45. The number of carbonyl (C=O) groups is 3. The molecule has 0 bridgehead atoms. The zero-order valence-corrected chi connectivity index (χ0v) is 24.6. The molecule has 2 amide bonds. The van der Waals surface area contributed by atoms with E-state index in [2.05, 4.69) is 10.6 Å². The van der Waals surface area contributed by atoms with Gasteiger partial charge in [0, 0.05) is 6.04 Å². The standard InChI is InChI=1S/C27H49BN2O7/c1-23(2,3)19(30-22(34)35-24(4,5)6)20(31)29-18-13-15-27(17-18,21(32)33)14-11-12-16-28-36-25(7,8)26(9,10)37-28/h18-19H,11-17H2,1-10H3,(H,29,31)(H,30,34)(H,32,33)/t18-,19+,27+/m0/s1. The van der Waals surface area contributed by atoms with Crippen molar-refractivity contribution >= 4 is 25.1 Å².